The second-order valence-corrected chi connectivity index (χ2v) is 25.7. The number of nitrogens with one attached hydrogen (secondary N) is 1. The van der Waals surface area contributed by atoms with E-state index in [4.69, 9.17) is 14.2 Å². The minimum Gasteiger partial charge on any atom is -0.454 e. The van der Waals surface area contributed by atoms with E-state index < -0.39 is 67.4 Å². The fraction of sp³-hybridized carbons (Fsp3) is 0.818. The van der Waals surface area contributed by atoms with Crippen LogP contribution in [0.25, 0.3) is 0 Å². The average Bonchev–Trinajstić information content (AvgIpc) is 3.72. The van der Waals surface area contributed by atoms with Gasteiger partial charge in [0, 0.05) is 6.42 Å². The Labute approximate surface area is 541 Å². The third-order valence-corrected chi connectivity index (χ3v) is 17.3. The first-order valence-electron chi connectivity index (χ1n) is 37.2. The van der Waals surface area contributed by atoms with Gasteiger partial charge in [-0.05, 0) is 96.3 Å². The average molecular weight is 1240 g/mol. The first-order chi connectivity index (χ1) is 43.2. The quantitative estimate of drug-likeness (QED) is 0.0195. The summed E-state index contributed by atoms with van der Waals surface area (Å²) in [5.41, 5.74) is 0. The van der Waals surface area contributed by atoms with Crippen LogP contribution in [0.2, 0.25) is 0 Å². The molecule has 0 aromatic rings. The van der Waals surface area contributed by atoms with E-state index in [0.29, 0.717) is 12.8 Å². The van der Waals surface area contributed by atoms with Crippen LogP contribution in [0.5, 0.6) is 0 Å². The molecule has 0 bridgehead atoms. The standard InChI is InChI=1S/C77H139NO10/c1-4-7-10-13-16-19-22-25-27-29-31-33-35-37-38-40-42-44-46-49-52-55-58-61-64-70(81)76(85)78-68(69(80)63-60-57-54-51-48-24-21-18-15-12-9-6-3)67-86-77-75(74(84)73(83)71(66-79)87-77)88-72(82)65-62-59-56-53-50-47-45-43-41-39-36-34-32-30-28-26-23-20-17-14-11-8-5-2/h16-17,19-20,25-28,31,33,60,63,68-71,73-75,77,79-81,83-84H,4-15,18,21-24,29-30,32,34-59,61-62,64-67H2,1-3H3,(H,78,85)/b19-16-,20-17-,27-25-,28-26-,33-31-,63-60+. The molecule has 0 saturated carbocycles. The van der Waals surface area contributed by atoms with E-state index in [1.54, 1.807) is 6.08 Å². The minimum atomic E-state index is -1.62. The van der Waals surface area contributed by atoms with E-state index in [-0.39, 0.29) is 19.4 Å². The lowest BCUT2D eigenvalue weighted by Gasteiger charge is -2.41. The van der Waals surface area contributed by atoms with E-state index >= 15 is 0 Å². The monoisotopic (exact) mass is 1240 g/mol. The molecule has 1 aliphatic heterocycles. The predicted molar refractivity (Wildman–Crippen MR) is 370 cm³/mol. The fourth-order valence-electron chi connectivity index (χ4n) is 11.5. The SMILES string of the molecule is CCCCC/C=C\C/C=C\C/C=C\CCCCCCCCCCCCCC(O)C(=O)NC(COC1OC(CO)C(O)C(O)C1OC(=O)CCCCCCCCCCCCCCC/C=C\C/C=C\CCCCC)C(O)/C=C/CCCCCCCCCCCC. The largest absolute Gasteiger partial charge is 0.454 e. The lowest BCUT2D eigenvalue weighted by molar-refractivity contribution is -0.305. The Morgan fingerprint density at radius 2 is 0.784 bits per heavy atom. The Bertz CT molecular complexity index is 1710. The number of amides is 1. The highest BCUT2D eigenvalue weighted by molar-refractivity contribution is 5.80. The highest BCUT2D eigenvalue weighted by atomic mass is 16.7. The predicted octanol–water partition coefficient (Wildman–Crippen LogP) is 19.5. The molecule has 1 rings (SSSR count). The Hall–Kier alpha value is -2.90. The molecule has 1 aliphatic rings. The Kier molecular flexibility index (Phi) is 60.6. The van der Waals surface area contributed by atoms with Crippen molar-refractivity contribution < 1.29 is 49.3 Å². The van der Waals surface area contributed by atoms with Gasteiger partial charge in [0.1, 0.15) is 24.4 Å². The lowest BCUT2D eigenvalue weighted by Crippen LogP contribution is -2.61. The summed E-state index contributed by atoms with van der Waals surface area (Å²) in [4.78, 5) is 26.7. The van der Waals surface area contributed by atoms with Gasteiger partial charge < -0.3 is 45.1 Å². The van der Waals surface area contributed by atoms with Crippen molar-refractivity contribution >= 4 is 11.9 Å². The van der Waals surface area contributed by atoms with Gasteiger partial charge >= 0.3 is 5.97 Å². The van der Waals surface area contributed by atoms with Crippen molar-refractivity contribution in [2.75, 3.05) is 13.2 Å². The van der Waals surface area contributed by atoms with Crippen LogP contribution in [-0.4, -0.2) is 99.6 Å². The molecule has 0 aromatic heterocycles. The smallest absolute Gasteiger partial charge is 0.306 e. The van der Waals surface area contributed by atoms with E-state index in [1.165, 1.54) is 212 Å². The summed E-state index contributed by atoms with van der Waals surface area (Å²) in [6.07, 6.45) is 73.7. The number of hydrogen-bond donors (Lipinski definition) is 6. The topological polar surface area (TPSA) is 175 Å². The van der Waals surface area contributed by atoms with Gasteiger partial charge in [-0.25, -0.2) is 0 Å². The second kappa shape index (κ2) is 64.2. The molecule has 1 amide bonds. The number of ether oxygens (including phenoxy) is 3. The molecule has 512 valence electrons. The number of hydrogen-bond acceptors (Lipinski definition) is 10. The van der Waals surface area contributed by atoms with Crippen molar-refractivity contribution in [3.8, 4) is 0 Å². The van der Waals surface area contributed by atoms with Gasteiger partial charge in [0.2, 0.25) is 5.91 Å². The highest BCUT2D eigenvalue weighted by Crippen LogP contribution is 2.26. The second-order valence-electron chi connectivity index (χ2n) is 25.7. The Morgan fingerprint density at radius 1 is 0.443 bits per heavy atom. The van der Waals surface area contributed by atoms with Crippen LogP contribution in [0.4, 0.5) is 0 Å². The zero-order chi connectivity index (χ0) is 63.9. The zero-order valence-corrected chi connectivity index (χ0v) is 57.1. The molecule has 1 heterocycles. The number of rotatable bonds is 64. The third-order valence-electron chi connectivity index (χ3n) is 17.3. The number of unbranched alkanes of at least 4 members (excludes halogenated alkanes) is 40. The van der Waals surface area contributed by atoms with Crippen molar-refractivity contribution in [3.05, 3.63) is 72.9 Å². The van der Waals surface area contributed by atoms with E-state index in [9.17, 15) is 35.1 Å². The Morgan fingerprint density at radius 3 is 1.19 bits per heavy atom. The molecule has 6 N–H and O–H groups in total. The first-order valence-corrected chi connectivity index (χ1v) is 37.2. The number of aliphatic hydroxyl groups excluding tert-OH is 5. The number of aliphatic hydroxyl groups is 5. The summed E-state index contributed by atoms with van der Waals surface area (Å²) < 4.78 is 17.7. The number of allylic oxidation sites excluding steroid dienone is 11. The summed E-state index contributed by atoms with van der Waals surface area (Å²) in [7, 11) is 0. The Balaban J connectivity index is 2.55. The summed E-state index contributed by atoms with van der Waals surface area (Å²) in [6.45, 7) is 5.78. The van der Waals surface area contributed by atoms with Gasteiger partial charge in [0.05, 0.1) is 25.4 Å². The molecule has 8 unspecified atom stereocenters. The van der Waals surface area contributed by atoms with Gasteiger partial charge in [0.15, 0.2) is 12.4 Å². The molecule has 0 aromatic carbocycles. The highest BCUT2D eigenvalue weighted by Gasteiger charge is 2.47. The van der Waals surface area contributed by atoms with Crippen LogP contribution >= 0.6 is 0 Å². The van der Waals surface area contributed by atoms with Crippen molar-refractivity contribution in [1.82, 2.24) is 5.32 Å². The molecule has 11 nitrogen and oxygen atoms in total. The molecular formula is C77H139NO10. The van der Waals surface area contributed by atoms with Crippen molar-refractivity contribution in [3.63, 3.8) is 0 Å². The van der Waals surface area contributed by atoms with Crippen molar-refractivity contribution in [2.45, 2.75) is 391 Å². The molecule has 0 spiro atoms. The summed E-state index contributed by atoms with van der Waals surface area (Å²) in [5.74, 6) is -1.19. The maximum absolute atomic E-state index is 13.5. The number of carbonyl (C=O) groups is 2. The number of carbonyl (C=O) groups excluding carboxylic acids is 2. The van der Waals surface area contributed by atoms with Gasteiger partial charge in [-0.15, -0.1) is 0 Å². The molecule has 0 aliphatic carbocycles. The number of esters is 1. The first kappa shape index (κ1) is 83.1. The van der Waals surface area contributed by atoms with Crippen LogP contribution in [0, 0.1) is 0 Å². The fourth-order valence-corrected chi connectivity index (χ4v) is 11.5. The van der Waals surface area contributed by atoms with Crippen LogP contribution in [0.3, 0.4) is 0 Å². The van der Waals surface area contributed by atoms with Gasteiger partial charge in [-0.1, -0.05) is 312 Å². The van der Waals surface area contributed by atoms with E-state index in [1.807, 2.05) is 6.08 Å². The van der Waals surface area contributed by atoms with E-state index in [0.717, 1.165) is 83.5 Å². The van der Waals surface area contributed by atoms with Gasteiger partial charge in [-0.2, -0.15) is 0 Å². The maximum Gasteiger partial charge on any atom is 0.306 e. The van der Waals surface area contributed by atoms with Crippen molar-refractivity contribution in [1.29, 1.82) is 0 Å². The molecule has 1 fully saturated rings. The van der Waals surface area contributed by atoms with Gasteiger partial charge in [0.25, 0.3) is 0 Å². The van der Waals surface area contributed by atoms with Crippen molar-refractivity contribution in [2.24, 2.45) is 0 Å². The molecular weight excluding hydrogens is 1100 g/mol. The molecule has 0 radical (unpaired) electrons. The van der Waals surface area contributed by atoms with Crippen LogP contribution in [0.1, 0.15) is 342 Å². The molecule has 8 atom stereocenters. The summed E-state index contributed by atoms with van der Waals surface area (Å²) >= 11 is 0. The summed E-state index contributed by atoms with van der Waals surface area (Å²) in [5, 5.41) is 57.3. The van der Waals surface area contributed by atoms with Gasteiger partial charge in [-0.3, -0.25) is 9.59 Å². The lowest BCUT2D eigenvalue weighted by atomic mass is 9.99. The summed E-state index contributed by atoms with van der Waals surface area (Å²) in [6, 6.07) is -1.03. The third kappa shape index (κ3) is 50.7. The van der Waals surface area contributed by atoms with Crippen LogP contribution < -0.4 is 5.32 Å². The van der Waals surface area contributed by atoms with Crippen LogP contribution in [0.15, 0.2) is 72.9 Å². The molecule has 11 heteroatoms. The zero-order valence-electron chi connectivity index (χ0n) is 57.1. The molecule has 88 heavy (non-hydrogen) atoms. The van der Waals surface area contributed by atoms with Crippen LogP contribution in [-0.2, 0) is 23.8 Å². The maximum atomic E-state index is 13.5. The normalized spacial score (nSPS) is 18.6. The minimum absolute atomic E-state index is 0.122. The van der Waals surface area contributed by atoms with E-state index in [2.05, 4.69) is 86.8 Å². The molecule has 1 saturated heterocycles.